The lowest BCUT2D eigenvalue weighted by atomic mass is 10.2. The topological polar surface area (TPSA) is 108 Å². The Morgan fingerprint density at radius 1 is 1.15 bits per heavy atom. The van der Waals surface area contributed by atoms with Crippen molar-refractivity contribution in [3.05, 3.63) is 42.9 Å². The Kier molecular flexibility index (Phi) is 4.59. The van der Waals surface area contributed by atoms with E-state index in [9.17, 15) is 4.21 Å². The zero-order valence-electron chi connectivity index (χ0n) is 13.8. The highest BCUT2D eigenvalue weighted by Crippen LogP contribution is 2.29. The molecule has 1 aromatic carbocycles. The van der Waals surface area contributed by atoms with Gasteiger partial charge in [-0.15, -0.1) is 10.2 Å². The summed E-state index contributed by atoms with van der Waals surface area (Å²) in [6, 6.07) is 7.77. The van der Waals surface area contributed by atoms with Crippen molar-refractivity contribution in [1.29, 1.82) is 0 Å². The molecule has 8 nitrogen and oxygen atoms in total. The van der Waals surface area contributed by atoms with E-state index in [0.29, 0.717) is 16.6 Å². The minimum atomic E-state index is -1.11. The first-order valence-electron chi connectivity index (χ1n) is 7.85. The first-order valence-corrected chi connectivity index (χ1v) is 9.99. The van der Waals surface area contributed by atoms with Gasteiger partial charge >= 0.3 is 0 Å². The number of aromatic nitrogens is 5. The van der Waals surface area contributed by atoms with Crippen molar-refractivity contribution < 1.29 is 4.21 Å². The Morgan fingerprint density at radius 2 is 2.08 bits per heavy atom. The van der Waals surface area contributed by atoms with Gasteiger partial charge in [0.1, 0.15) is 11.0 Å². The first-order chi connectivity index (χ1) is 12.7. The second-order valence-electron chi connectivity index (χ2n) is 5.41. The molecule has 0 aliphatic rings. The van der Waals surface area contributed by atoms with Gasteiger partial charge in [0.25, 0.3) is 0 Å². The number of anilines is 3. The Balaban J connectivity index is 1.54. The summed E-state index contributed by atoms with van der Waals surface area (Å²) in [6.45, 7) is 1.85. The van der Waals surface area contributed by atoms with Crippen LogP contribution in [0.15, 0.2) is 42.9 Å². The molecule has 0 fully saturated rings. The molecule has 3 aromatic heterocycles. The second kappa shape index (κ2) is 7.18. The molecule has 0 aliphatic heterocycles. The average molecular weight is 385 g/mol. The van der Waals surface area contributed by atoms with E-state index in [-0.39, 0.29) is 0 Å². The summed E-state index contributed by atoms with van der Waals surface area (Å²) in [5, 5.41) is 21.0. The van der Waals surface area contributed by atoms with Crippen LogP contribution < -0.4 is 10.0 Å². The summed E-state index contributed by atoms with van der Waals surface area (Å²) < 4.78 is 14.5. The summed E-state index contributed by atoms with van der Waals surface area (Å²) >= 11 is 1.42. The zero-order valence-corrected chi connectivity index (χ0v) is 15.4. The molecule has 0 aliphatic carbocycles. The van der Waals surface area contributed by atoms with Crippen molar-refractivity contribution in [2.75, 3.05) is 15.8 Å². The van der Waals surface area contributed by atoms with Crippen molar-refractivity contribution in [3.8, 4) is 10.6 Å². The van der Waals surface area contributed by atoms with Crippen molar-refractivity contribution >= 4 is 49.7 Å². The van der Waals surface area contributed by atoms with Gasteiger partial charge < -0.3 is 10.0 Å². The third-order valence-corrected chi connectivity index (χ3v) is 5.47. The summed E-state index contributed by atoms with van der Waals surface area (Å²) in [6.07, 6.45) is 5.12. The van der Waals surface area contributed by atoms with Gasteiger partial charge in [-0.3, -0.25) is 10.1 Å². The number of hydrogen-bond acceptors (Lipinski definition) is 7. The molecular weight excluding hydrogens is 370 g/mol. The molecule has 26 heavy (non-hydrogen) atoms. The van der Waals surface area contributed by atoms with E-state index in [4.69, 9.17) is 0 Å². The number of hydrogen-bond donors (Lipinski definition) is 3. The van der Waals surface area contributed by atoms with Crippen LogP contribution in [0.1, 0.15) is 6.92 Å². The van der Waals surface area contributed by atoms with Gasteiger partial charge in [-0.05, 0) is 24.3 Å². The molecule has 1 unspecified atom stereocenters. The van der Waals surface area contributed by atoms with E-state index in [2.05, 4.69) is 35.4 Å². The van der Waals surface area contributed by atoms with Crippen LogP contribution in [0, 0.1) is 0 Å². The number of pyridine rings is 1. The average Bonchev–Trinajstić information content (AvgIpc) is 3.31. The van der Waals surface area contributed by atoms with Gasteiger partial charge in [0.05, 0.1) is 23.6 Å². The van der Waals surface area contributed by atoms with Gasteiger partial charge in [-0.2, -0.15) is 5.10 Å². The van der Waals surface area contributed by atoms with Crippen molar-refractivity contribution in [1.82, 2.24) is 25.4 Å². The summed E-state index contributed by atoms with van der Waals surface area (Å²) in [7, 11) is -1.11. The molecule has 4 aromatic rings. The molecule has 0 spiro atoms. The maximum absolute atomic E-state index is 11.6. The predicted octanol–water partition coefficient (Wildman–Crippen LogP) is 3.32. The lowest BCUT2D eigenvalue weighted by Crippen LogP contribution is -2.06. The number of rotatable bonds is 6. The van der Waals surface area contributed by atoms with Crippen LogP contribution in [-0.2, 0) is 11.0 Å². The van der Waals surface area contributed by atoms with E-state index >= 15 is 0 Å². The smallest absolute Gasteiger partial charge is 0.210 e. The SMILES string of the molecule is CCS(=O)Nc1cncc(-c2nnc(Nc3ccc4[nH]ncc4c3)s2)c1. The monoisotopic (exact) mass is 385 g/mol. The molecule has 3 heterocycles. The van der Waals surface area contributed by atoms with Crippen LogP contribution in [0.3, 0.4) is 0 Å². The van der Waals surface area contributed by atoms with Crippen LogP contribution in [0.25, 0.3) is 21.5 Å². The molecule has 0 saturated heterocycles. The fourth-order valence-electron chi connectivity index (χ4n) is 2.35. The summed E-state index contributed by atoms with van der Waals surface area (Å²) in [4.78, 5) is 4.18. The zero-order chi connectivity index (χ0) is 17.9. The second-order valence-corrected chi connectivity index (χ2v) is 7.86. The number of benzene rings is 1. The minimum absolute atomic E-state index is 0.526. The van der Waals surface area contributed by atoms with Crippen LogP contribution in [0.5, 0.6) is 0 Å². The molecule has 132 valence electrons. The largest absolute Gasteiger partial charge is 0.330 e. The lowest BCUT2D eigenvalue weighted by molar-refractivity contribution is 0.687. The number of H-pyrrole nitrogens is 1. The summed E-state index contributed by atoms with van der Waals surface area (Å²) in [5.41, 5.74) is 3.40. The number of nitrogens with one attached hydrogen (secondary N) is 3. The maximum atomic E-state index is 11.6. The van der Waals surface area contributed by atoms with Gasteiger partial charge in [0.2, 0.25) is 5.13 Å². The molecule has 1 atom stereocenters. The molecular formula is C16H15N7OS2. The Morgan fingerprint density at radius 3 is 2.96 bits per heavy atom. The highest BCUT2D eigenvalue weighted by atomic mass is 32.2. The van der Waals surface area contributed by atoms with Crippen molar-refractivity contribution in [2.24, 2.45) is 0 Å². The third-order valence-electron chi connectivity index (χ3n) is 3.60. The fraction of sp³-hybridized carbons (Fsp3) is 0.125. The molecule has 10 heteroatoms. The Labute approximate surface area is 155 Å². The van der Waals surface area contributed by atoms with E-state index in [0.717, 1.165) is 27.2 Å². The number of nitrogens with zero attached hydrogens (tertiary/aromatic N) is 4. The van der Waals surface area contributed by atoms with Crippen LogP contribution in [0.2, 0.25) is 0 Å². The van der Waals surface area contributed by atoms with Gasteiger partial charge in [-0.1, -0.05) is 18.3 Å². The number of fused-ring (bicyclic) bond motifs is 1. The maximum Gasteiger partial charge on any atom is 0.210 e. The molecule has 4 rings (SSSR count). The van der Waals surface area contributed by atoms with Crippen LogP contribution in [0.4, 0.5) is 16.5 Å². The van der Waals surface area contributed by atoms with E-state index in [1.807, 2.05) is 31.2 Å². The van der Waals surface area contributed by atoms with Gasteiger partial charge in [-0.25, -0.2) is 4.21 Å². The third kappa shape index (κ3) is 3.55. The van der Waals surface area contributed by atoms with Crippen molar-refractivity contribution in [2.45, 2.75) is 6.92 Å². The van der Waals surface area contributed by atoms with Crippen LogP contribution in [-0.4, -0.2) is 35.3 Å². The molecule has 3 N–H and O–H groups in total. The Bertz CT molecular complexity index is 1080. The molecule has 0 saturated carbocycles. The van der Waals surface area contributed by atoms with Crippen LogP contribution >= 0.6 is 11.3 Å². The highest BCUT2D eigenvalue weighted by Gasteiger charge is 2.09. The Hall–Kier alpha value is -2.85. The van der Waals surface area contributed by atoms with E-state index in [1.165, 1.54) is 11.3 Å². The standard InChI is InChI=1S/C16H15N7OS2/c1-2-26(24)23-13-6-11(7-17-9-13)15-21-22-16(25-15)19-12-3-4-14-10(5-12)8-18-20-14/h3-9,23H,2H2,1H3,(H,18,20)(H,19,22). The normalized spacial score (nSPS) is 12.2. The van der Waals surface area contributed by atoms with Gasteiger partial charge in [0, 0.05) is 28.6 Å². The quantitative estimate of drug-likeness (QED) is 0.470. The molecule has 0 amide bonds. The fourth-order valence-corrected chi connectivity index (χ4v) is 3.61. The molecule has 0 radical (unpaired) electrons. The lowest BCUT2D eigenvalue weighted by Gasteiger charge is -2.04. The molecule has 0 bridgehead atoms. The first kappa shape index (κ1) is 16.6. The van der Waals surface area contributed by atoms with E-state index < -0.39 is 11.0 Å². The summed E-state index contributed by atoms with van der Waals surface area (Å²) in [5.74, 6) is 0.526. The minimum Gasteiger partial charge on any atom is -0.330 e. The van der Waals surface area contributed by atoms with Crippen molar-refractivity contribution in [3.63, 3.8) is 0 Å². The van der Waals surface area contributed by atoms with Gasteiger partial charge in [0.15, 0.2) is 5.01 Å². The highest BCUT2D eigenvalue weighted by molar-refractivity contribution is 7.86. The number of aromatic amines is 1. The predicted molar refractivity (Wildman–Crippen MR) is 105 cm³/mol. The van der Waals surface area contributed by atoms with E-state index in [1.54, 1.807) is 18.6 Å².